The van der Waals surface area contributed by atoms with E-state index in [2.05, 4.69) is 0 Å². The minimum absolute atomic E-state index is 0.0148. The monoisotopic (exact) mass is 319 g/mol. The molecule has 0 unspecified atom stereocenters. The van der Waals surface area contributed by atoms with Crippen molar-refractivity contribution in [2.75, 3.05) is 13.6 Å². The van der Waals surface area contributed by atoms with Gasteiger partial charge in [0.2, 0.25) is 0 Å². The lowest BCUT2D eigenvalue weighted by Gasteiger charge is -2.27. The van der Waals surface area contributed by atoms with Crippen LogP contribution in [0, 0.1) is 0 Å². The minimum Gasteiger partial charge on any atom is -0.478 e. The van der Waals surface area contributed by atoms with Gasteiger partial charge in [-0.25, -0.2) is 13.2 Å². The van der Waals surface area contributed by atoms with Crippen LogP contribution in [0.15, 0.2) is 15.7 Å². The van der Waals surface area contributed by atoms with Gasteiger partial charge in [0.05, 0.1) is 11.2 Å². The molecular weight excluding hydrogens is 302 g/mol. The zero-order chi connectivity index (χ0) is 15.0. The number of nitrogens with zero attached hydrogens (tertiary/aromatic N) is 1. The number of thiophene rings is 1. The van der Waals surface area contributed by atoms with Crippen LogP contribution in [0.3, 0.4) is 0 Å². The van der Waals surface area contributed by atoms with Crippen LogP contribution < -0.4 is 0 Å². The number of hydrogen-bond donors (Lipinski definition) is 2. The summed E-state index contributed by atoms with van der Waals surface area (Å²) in [6.07, 6.45) is 2.98. The molecule has 0 bridgehead atoms. The van der Waals surface area contributed by atoms with E-state index in [1.165, 1.54) is 12.4 Å². The fourth-order valence-corrected chi connectivity index (χ4v) is 5.02. The average molecular weight is 319 g/mol. The molecule has 8 heteroatoms. The van der Waals surface area contributed by atoms with E-state index in [0.717, 1.165) is 34.6 Å². The highest BCUT2D eigenvalue weighted by molar-refractivity contribution is 7.91. The average Bonchev–Trinajstić information content (AvgIpc) is 2.97. The molecule has 2 rings (SSSR count). The Hall–Kier alpha value is -0.960. The molecule has 1 heterocycles. The lowest BCUT2D eigenvalue weighted by Crippen LogP contribution is -2.41. The Balaban J connectivity index is 2.18. The molecule has 0 atom stereocenters. The summed E-state index contributed by atoms with van der Waals surface area (Å²) in [7, 11) is -2.34. The zero-order valence-electron chi connectivity index (χ0n) is 11.1. The van der Waals surface area contributed by atoms with Gasteiger partial charge >= 0.3 is 5.97 Å². The number of carboxylic acids is 1. The van der Waals surface area contributed by atoms with Crippen LogP contribution in [-0.2, 0) is 10.0 Å². The number of aliphatic hydroxyl groups is 1. The van der Waals surface area contributed by atoms with Crippen LogP contribution in [0.5, 0.6) is 0 Å². The molecule has 0 aliphatic heterocycles. The summed E-state index contributed by atoms with van der Waals surface area (Å²) in [5, 5.41) is 20.4. The SMILES string of the molecule is CN(CC1(O)CCCC1)S(=O)(=O)c1cc(C(=O)O)cs1. The van der Waals surface area contributed by atoms with Crippen molar-refractivity contribution in [3.8, 4) is 0 Å². The fraction of sp³-hybridized carbons (Fsp3) is 0.583. The first-order chi connectivity index (χ1) is 9.24. The number of hydrogen-bond acceptors (Lipinski definition) is 5. The third-order valence-corrected chi connectivity index (χ3v) is 6.76. The highest BCUT2D eigenvalue weighted by Gasteiger charge is 2.36. The highest BCUT2D eigenvalue weighted by atomic mass is 32.2. The summed E-state index contributed by atoms with van der Waals surface area (Å²) >= 11 is 0.878. The van der Waals surface area contributed by atoms with E-state index >= 15 is 0 Å². The Morgan fingerprint density at radius 2 is 2.05 bits per heavy atom. The molecule has 1 aromatic rings. The quantitative estimate of drug-likeness (QED) is 0.855. The second-order valence-electron chi connectivity index (χ2n) is 5.15. The Kier molecular flexibility index (Phi) is 4.19. The predicted molar refractivity (Wildman–Crippen MR) is 74.5 cm³/mol. The van der Waals surface area contributed by atoms with Gasteiger partial charge in [-0.1, -0.05) is 12.8 Å². The number of carboxylic acid groups (broad SMARTS) is 1. The maximum atomic E-state index is 12.3. The van der Waals surface area contributed by atoms with Crippen molar-refractivity contribution >= 4 is 27.3 Å². The van der Waals surface area contributed by atoms with E-state index in [0.29, 0.717) is 12.8 Å². The minimum atomic E-state index is -3.75. The molecule has 1 aliphatic carbocycles. The van der Waals surface area contributed by atoms with Crippen molar-refractivity contribution in [2.45, 2.75) is 35.5 Å². The van der Waals surface area contributed by atoms with Gasteiger partial charge in [0.15, 0.2) is 0 Å². The maximum absolute atomic E-state index is 12.3. The van der Waals surface area contributed by atoms with E-state index in [1.807, 2.05) is 0 Å². The largest absolute Gasteiger partial charge is 0.478 e. The molecule has 20 heavy (non-hydrogen) atoms. The predicted octanol–water partition coefficient (Wildman–Crippen LogP) is 1.37. The Morgan fingerprint density at radius 1 is 1.45 bits per heavy atom. The van der Waals surface area contributed by atoms with Crippen molar-refractivity contribution < 1.29 is 23.4 Å². The fourth-order valence-electron chi connectivity index (χ4n) is 2.41. The smallest absolute Gasteiger partial charge is 0.336 e. The van der Waals surface area contributed by atoms with Gasteiger partial charge in [0.1, 0.15) is 4.21 Å². The van der Waals surface area contributed by atoms with Crippen LogP contribution >= 0.6 is 11.3 Å². The molecule has 1 aromatic heterocycles. The van der Waals surface area contributed by atoms with E-state index in [-0.39, 0.29) is 16.3 Å². The molecule has 0 spiro atoms. The summed E-state index contributed by atoms with van der Waals surface area (Å²) < 4.78 is 25.8. The Morgan fingerprint density at radius 3 is 2.55 bits per heavy atom. The van der Waals surface area contributed by atoms with E-state index < -0.39 is 21.6 Å². The number of aromatic carboxylic acids is 1. The van der Waals surface area contributed by atoms with Crippen molar-refractivity contribution in [1.29, 1.82) is 0 Å². The summed E-state index contributed by atoms with van der Waals surface area (Å²) in [6.45, 7) is 0.0373. The summed E-state index contributed by atoms with van der Waals surface area (Å²) in [4.78, 5) is 10.8. The van der Waals surface area contributed by atoms with Crippen LogP contribution in [-0.4, -0.2) is 48.1 Å². The normalized spacial score (nSPS) is 18.6. The van der Waals surface area contributed by atoms with Crippen LogP contribution in [0.4, 0.5) is 0 Å². The number of rotatable bonds is 5. The molecule has 1 saturated carbocycles. The third kappa shape index (κ3) is 3.03. The van der Waals surface area contributed by atoms with Crippen LogP contribution in [0.1, 0.15) is 36.0 Å². The molecule has 1 aliphatic rings. The first-order valence-corrected chi connectivity index (χ1v) is 8.57. The number of carbonyl (C=O) groups is 1. The molecule has 6 nitrogen and oxygen atoms in total. The van der Waals surface area contributed by atoms with Crippen molar-refractivity contribution in [3.05, 3.63) is 17.0 Å². The Labute approximate surface area is 121 Å². The summed E-state index contributed by atoms with van der Waals surface area (Å²) in [6, 6.07) is 1.15. The zero-order valence-corrected chi connectivity index (χ0v) is 12.7. The lowest BCUT2D eigenvalue weighted by molar-refractivity contribution is 0.0333. The van der Waals surface area contributed by atoms with Gasteiger partial charge in [-0.15, -0.1) is 11.3 Å². The second kappa shape index (κ2) is 5.44. The molecule has 0 amide bonds. The van der Waals surface area contributed by atoms with Gasteiger partial charge in [0, 0.05) is 19.0 Å². The molecule has 1 fully saturated rings. The van der Waals surface area contributed by atoms with Gasteiger partial charge in [-0.2, -0.15) is 4.31 Å². The molecule has 2 N–H and O–H groups in total. The third-order valence-electron chi connectivity index (χ3n) is 3.54. The van der Waals surface area contributed by atoms with E-state index in [4.69, 9.17) is 5.11 Å². The molecule has 0 radical (unpaired) electrons. The van der Waals surface area contributed by atoms with Gasteiger partial charge in [-0.05, 0) is 18.9 Å². The molecule has 0 aromatic carbocycles. The highest BCUT2D eigenvalue weighted by Crippen LogP contribution is 2.32. The Bertz CT molecular complexity index is 601. The molecule has 112 valence electrons. The standard InChI is InChI=1S/C12H17NO5S2/c1-13(8-12(16)4-2-3-5-12)20(17,18)10-6-9(7-19-10)11(14)15/h6-7,16H,2-5,8H2,1H3,(H,14,15). The summed E-state index contributed by atoms with van der Waals surface area (Å²) in [5.74, 6) is -1.15. The molecule has 0 saturated heterocycles. The van der Waals surface area contributed by atoms with E-state index in [9.17, 15) is 18.3 Å². The van der Waals surface area contributed by atoms with Crippen LogP contribution in [0.2, 0.25) is 0 Å². The first-order valence-electron chi connectivity index (χ1n) is 6.25. The number of likely N-dealkylation sites (N-methyl/N-ethyl adjacent to an activating group) is 1. The summed E-state index contributed by atoms with van der Waals surface area (Å²) in [5.41, 5.74) is -1.00. The van der Waals surface area contributed by atoms with E-state index in [1.54, 1.807) is 0 Å². The van der Waals surface area contributed by atoms with Crippen LogP contribution in [0.25, 0.3) is 0 Å². The lowest BCUT2D eigenvalue weighted by atomic mass is 10.0. The maximum Gasteiger partial charge on any atom is 0.336 e. The van der Waals surface area contributed by atoms with Gasteiger partial charge in [-0.3, -0.25) is 0 Å². The van der Waals surface area contributed by atoms with Crippen molar-refractivity contribution in [2.24, 2.45) is 0 Å². The number of sulfonamides is 1. The second-order valence-corrected chi connectivity index (χ2v) is 8.34. The first kappa shape index (κ1) is 15.4. The molecular formula is C12H17NO5S2. The van der Waals surface area contributed by atoms with Crippen molar-refractivity contribution in [1.82, 2.24) is 4.31 Å². The topological polar surface area (TPSA) is 94.9 Å². The van der Waals surface area contributed by atoms with Gasteiger partial charge in [0.25, 0.3) is 10.0 Å². The van der Waals surface area contributed by atoms with Gasteiger partial charge < -0.3 is 10.2 Å². The van der Waals surface area contributed by atoms with Crippen molar-refractivity contribution in [3.63, 3.8) is 0 Å².